The summed E-state index contributed by atoms with van der Waals surface area (Å²) >= 11 is 0.647. The van der Waals surface area contributed by atoms with E-state index in [9.17, 15) is 4.79 Å². The maximum atomic E-state index is 10.5. The van der Waals surface area contributed by atoms with Crippen molar-refractivity contribution in [3.63, 3.8) is 0 Å². The van der Waals surface area contributed by atoms with E-state index in [1.807, 2.05) is 0 Å². The van der Waals surface area contributed by atoms with Crippen LogP contribution in [0.15, 0.2) is 0 Å². The van der Waals surface area contributed by atoms with Crippen molar-refractivity contribution in [3.05, 3.63) is 0 Å². The topological polar surface area (TPSA) is 44.8 Å². The third kappa shape index (κ3) is 4.75. The summed E-state index contributed by atoms with van der Waals surface area (Å²) in [5, 5.41) is 0. The Kier molecular flexibility index (Phi) is 5.61. The van der Waals surface area contributed by atoms with E-state index in [0.717, 1.165) is 0 Å². The summed E-state index contributed by atoms with van der Waals surface area (Å²) in [6, 6.07) is 0. The highest BCUT2D eigenvalue weighted by Crippen LogP contribution is 2.08. The molecule has 0 radical (unpaired) electrons. The molecule has 0 aliphatic rings. The maximum Gasteiger partial charge on any atom is 0.195 e. The molecule has 0 heterocycles. The van der Waals surface area contributed by atoms with Crippen LogP contribution < -0.4 is 0 Å². The van der Waals surface area contributed by atoms with Crippen LogP contribution in [0.1, 0.15) is 13.8 Å². The Morgan fingerprint density at radius 1 is 1.60 bits per heavy atom. The van der Waals surface area contributed by atoms with Gasteiger partial charge in [-0.25, -0.2) is 4.89 Å². The van der Waals surface area contributed by atoms with E-state index in [1.54, 1.807) is 6.92 Å². The van der Waals surface area contributed by atoms with Gasteiger partial charge in [-0.1, -0.05) is 0 Å². The third-order valence-electron chi connectivity index (χ3n) is 0.852. The predicted molar refractivity (Wildman–Crippen MR) is 36.9 cm³/mol. The van der Waals surface area contributed by atoms with E-state index in [1.165, 1.54) is 14.0 Å². The Morgan fingerprint density at radius 3 is 2.60 bits per heavy atom. The van der Waals surface area contributed by atoms with E-state index in [-0.39, 0.29) is 5.78 Å². The molecular weight excluding hydrogens is 156 g/mol. The van der Waals surface area contributed by atoms with E-state index < -0.39 is 6.10 Å². The zero-order valence-electron chi connectivity index (χ0n) is 6.12. The van der Waals surface area contributed by atoms with Crippen LogP contribution in [0, 0.1) is 0 Å². The molecule has 0 aromatic carbocycles. The first-order chi connectivity index (χ1) is 4.68. The smallest absolute Gasteiger partial charge is 0.195 e. The van der Waals surface area contributed by atoms with Gasteiger partial charge in [0.15, 0.2) is 18.1 Å². The van der Waals surface area contributed by atoms with Gasteiger partial charge in [-0.3, -0.25) is 8.98 Å². The Morgan fingerprint density at radius 2 is 2.20 bits per heavy atom. The normalized spacial score (nSPS) is 13.1. The maximum absolute atomic E-state index is 10.5. The molecule has 10 heavy (non-hydrogen) atoms. The summed E-state index contributed by atoms with van der Waals surface area (Å²) in [5.74, 6) is -0.0489. The van der Waals surface area contributed by atoms with Gasteiger partial charge in [0.05, 0.1) is 7.11 Å². The van der Waals surface area contributed by atoms with Crippen LogP contribution in [0.2, 0.25) is 0 Å². The molecule has 1 atom stereocenters. The van der Waals surface area contributed by atoms with Crippen LogP contribution >= 0.6 is 12.3 Å². The van der Waals surface area contributed by atoms with Gasteiger partial charge in [-0.2, -0.15) is 0 Å². The molecule has 0 aliphatic carbocycles. The van der Waals surface area contributed by atoms with E-state index >= 15 is 0 Å². The molecule has 0 saturated heterocycles. The fraction of sp³-hybridized carbons (Fsp3) is 0.800. The van der Waals surface area contributed by atoms with Crippen LogP contribution in [-0.4, -0.2) is 19.0 Å². The Balaban J connectivity index is 3.21. The number of Topliss-reactive ketones (excluding diaryl/α,β-unsaturated/α-hetero) is 1. The summed E-state index contributed by atoms with van der Waals surface area (Å²) in [4.78, 5) is 14.7. The zero-order valence-corrected chi connectivity index (χ0v) is 6.94. The quantitative estimate of drug-likeness (QED) is 0.265. The van der Waals surface area contributed by atoms with Crippen LogP contribution in [-0.2, 0) is 18.2 Å². The lowest BCUT2D eigenvalue weighted by Gasteiger charge is -2.04. The second-order valence-electron chi connectivity index (χ2n) is 1.65. The molecule has 0 unspecified atom stereocenters. The first-order valence-corrected chi connectivity index (χ1v) is 3.38. The molecule has 0 fully saturated rings. The molecule has 0 aromatic heterocycles. The van der Waals surface area contributed by atoms with Gasteiger partial charge in [0, 0.05) is 0 Å². The van der Waals surface area contributed by atoms with Gasteiger partial charge in [0.1, 0.15) is 6.10 Å². The molecule has 0 N–H and O–H groups in total. The molecule has 4 nitrogen and oxygen atoms in total. The van der Waals surface area contributed by atoms with E-state index in [4.69, 9.17) is 4.18 Å². The molecule has 0 aliphatic heterocycles. The number of ketones is 1. The molecule has 0 spiro atoms. The van der Waals surface area contributed by atoms with Gasteiger partial charge in [-0.15, -0.1) is 4.33 Å². The minimum atomic E-state index is -0.458. The molecule has 0 bridgehead atoms. The molecule has 0 aromatic rings. The van der Waals surface area contributed by atoms with Crippen LogP contribution in [0.25, 0.3) is 0 Å². The first kappa shape index (κ1) is 9.90. The molecule has 60 valence electrons. The van der Waals surface area contributed by atoms with Crippen LogP contribution in [0.3, 0.4) is 0 Å². The number of hydrogen-bond donors (Lipinski definition) is 0. The molecule has 5 heteroatoms. The second kappa shape index (κ2) is 5.67. The van der Waals surface area contributed by atoms with E-state index in [2.05, 4.69) is 9.22 Å². The second-order valence-corrected chi connectivity index (χ2v) is 2.12. The van der Waals surface area contributed by atoms with Crippen molar-refractivity contribution in [2.24, 2.45) is 0 Å². The van der Waals surface area contributed by atoms with Gasteiger partial charge < -0.3 is 0 Å². The lowest BCUT2D eigenvalue weighted by molar-refractivity contribution is -0.168. The SMILES string of the molecule is COOSO[C@H](C)C(C)=O. The fourth-order valence-electron chi connectivity index (χ4n) is 0.170. The van der Waals surface area contributed by atoms with Gasteiger partial charge >= 0.3 is 0 Å². The van der Waals surface area contributed by atoms with Gasteiger partial charge in [0.2, 0.25) is 0 Å². The number of carbonyl (C=O) groups is 1. The van der Waals surface area contributed by atoms with Gasteiger partial charge in [-0.05, 0) is 13.8 Å². The van der Waals surface area contributed by atoms with Crippen molar-refractivity contribution in [1.82, 2.24) is 0 Å². The summed E-state index contributed by atoms with van der Waals surface area (Å²) in [5.41, 5.74) is 0. The average molecular weight is 166 g/mol. The summed E-state index contributed by atoms with van der Waals surface area (Å²) in [6.45, 7) is 3.08. The Labute approximate surface area is 64.2 Å². The fourth-order valence-corrected chi connectivity index (χ4v) is 0.511. The predicted octanol–water partition coefficient (Wildman–Crippen LogP) is 1.12. The molecule has 0 saturated carbocycles. The minimum Gasteiger partial charge on any atom is -0.297 e. The van der Waals surface area contributed by atoms with E-state index in [0.29, 0.717) is 12.3 Å². The summed E-state index contributed by atoms with van der Waals surface area (Å²) in [6.07, 6.45) is -0.458. The first-order valence-electron chi connectivity index (χ1n) is 2.71. The highest BCUT2D eigenvalue weighted by atomic mass is 32.2. The third-order valence-corrected chi connectivity index (χ3v) is 1.41. The van der Waals surface area contributed by atoms with Crippen molar-refractivity contribution in [2.75, 3.05) is 7.11 Å². The number of carbonyl (C=O) groups excluding carboxylic acids is 1. The standard InChI is InChI=1S/C5H10O4S/c1-4(6)5(2)8-10-9-7-3/h5H,1-3H3/t5-/m1/s1. The molecular formula is C5H10O4S. The monoisotopic (exact) mass is 166 g/mol. The Hall–Kier alpha value is -0.100. The summed E-state index contributed by atoms with van der Waals surface area (Å²) in [7, 11) is 1.36. The van der Waals surface area contributed by atoms with Crippen molar-refractivity contribution in [1.29, 1.82) is 0 Å². The lowest BCUT2D eigenvalue weighted by atomic mass is 10.3. The number of rotatable bonds is 5. The molecule has 0 amide bonds. The largest absolute Gasteiger partial charge is 0.297 e. The minimum absolute atomic E-state index is 0.0489. The van der Waals surface area contributed by atoms with Crippen molar-refractivity contribution < 1.29 is 18.2 Å². The van der Waals surface area contributed by atoms with Crippen molar-refractivity contribution >= 4 is 18.1 Å². The zero-order chi connectivity index (χ0) is 7.98. The molecule has 0 rings (SSSR count). The highest BCUT2D eigenvalue weighted by molar-refractivity contribution is 7.89. The highest BCUT2D eigenvalue weighted by Gasteiger charge is 2.07. The number of hydrogen-bond acceptors (Lipinski definition) is 5. The summed E-state index contributed by atoms with van der Waals surface area (Å²) < 4.78 is 9.06. The van der Waals surface area contributed by atoms with Crippen molar-refractivity contribution in [2.45, 2.75) is 20.0 Å². The van der Waals surface area contributed by atoms with Crippen molar-refractivity contribution in [3.8, 4) is 0 Å². The van der Waals surface area contributed by atoms with Crippen LogP contribution in [0.5, 0.6) is 0 Å². The van der Waals surface area contributed by atoms with Crippen LogP contribution in [0.4, 0.5) is 0 Å². The average Bonchev–Trinajstić information content (AvgIpc) is 1.88. The lowest BCUT2D eigenvalue weighted by Crippen LogP contribution is -2.13. The van der Waals surface area contributed by atoms with Gasteiger partial charge in [0.25, 0.3) is 0 Å². The Bertz CT molecular complexity index is 106.